The number of methoxy groups -OCH3 is 1. The molecule has 0 fully saturated rings. The van der Waals surface area contributed by atoms with Crippen molar-refractivity contribution in [3.63, 3.8) is 0 Å². The molecule has 11 nitrogen and oxygen atoms in total. The highest BCUT2D eigenvalue weighted by Gasteiger charge is 2.23. The Labute approximate surface area is 181 Å². The molecule has 2 N–H and O–H groups in total. The SMILES string of the molecule is CNC(=O)c1c(NC(=O)c2cc(OC)nn2-c2ncccc2Cl)ccn2c(C)nnc12. The van der Waals surface area contributed by atoms with Crippen LogP contribution >= 0.6 is 11.6 Å². The molecule has 0 saturated heterocycles. The molecule has 2 amide bonds. The van der Waals surface area contributed by atoms with E-state index in [4.69, 9.17) is 16.3 Å². The smallest absolute Gasteiger partial charge is 0.274 e. The highest BCUT2D eigenvalue weighted by Crippen LogP contribution is 2.25. The van der Waals surface area contributed by atoms with Crippen molar-refractivity contribution in [2.45, 2.75) is 6.92 Å². The number of aromatic nitrogens is 6. The zero-order valence-electron chi connectivity index (χ0n) is 16.8. The number of amides is 2. The first-order valence-corrected chi connectivity index (χ1v) is 9.45. The predicted octanol–water partition coefficient (Wildman–Crippen LogP) is 1.89. The zero-order valence-corrected chi connectivity index (χ0v) is 17.5. The first-order chi connectivity index (χ1) is 14.9. The summed E-state index contributed by atoms with van der Waals surface area (Å²) in [4.78, 5) is 29.9. The van der Waals surface area contributed by atoms with Crippen molar-refractivity contribution in [1.29, 1.82) is 0 Å². The van der Waals surface area contributed by atoms with Crippen LogP contribution in [0.1, 0.15) is 26.7 Å². The third kappa shape index (κ3) is 3.55. The number of hydrogen-bond donors (Lipinski definition) is 2. The third-order valence-electron chi connectivity index (χ3n) is 4.52. The minimum atomic E-state index is -0.553. The Balaban J connectivity index is 1.79. The Bertz CT molecular complexity index is 1310. The van der Waals surface area contributed by atoms with Crippen LogP contribution in [0.3, 0.4) is 0 Å². The number of halogens is 1. The van der Waals surface area contributed by atoms with Gasteiger partial charge in [-0.1, -0.05) is 11.6 Å². The number of rotatable bonds is 5. The van der Waals surface area contributed by atoms with Crippen LogP contribution in [0.25, 0.3) is 11.5 Å². The van der Waals surface area contributed by atoms with E-state index < -0.39 is 11.8 Å². The Morgan fingerprint density at radius 3 is 2.71 bits per heavy atom. The molecule has 31 heavy (non-hydrogen) atoms. The maximum atomic E-state index is 13.2. The van der Waals surface area contributed by atoms with E-state index in [1.807, 2.05) is 0 Å². The van der Waals surface area contributed by atoms with E-state index in [-0.39, 0.29) is 28.6 Å². The number of fused-ring (bicyclic) bond motifs is 1. The Hall–Kier alpha value is -3.99. The summed E-state index contributed by atoms with van der Waals surface area (Å²) in [6.07, 6.45) is 3.20. The van der Waals surface area contributed by atoms with Crippen molar-refractivity contribution in [3.8, 4) is 11.7 Å². The largest absolute Gasteiger partial charge is 0.480 e. The quantitative estimate of drug-likeness (QED) is 0.485. The normalized spacial score (nSPS) is 10.8. The average molecular weight is 441 g/mol. The van der Waals surface area contributed by atoms with Crippen molar-refractivity contribution >= 4 is 34.7 Å². The average Bonchev–Trinajstić information content (AvgIpc) is 3.37. The molecule has 0 saturated carbocycles. The van der Waals surface area contributed by atoms with E-state index in [1.54, 1.807) is 35.7 Å². The summed E-state index contributed by atoms with van der Waals surface area (Å²) in [5.74, 6) is 0.0793. The molecule has 4 aromatic rings. The van der Waals surface area contributed by atoms with Crippen molar-refractivity contribution in [1.82, 2.24) is 34.7 Å². The van der Waals surface area contributed by atoms with Gasteiger partial charge in [-0.25, -0.2) is 9.67 Å². The van der Waals surface area contributed by atoms with Crippen LogP contribution in [0.2, 0.25) is 5.02 Å². The molecular weight excluding hydrogens is 424 g/mol. The van der Waals surface area contributed by atoms with Crippen LogP contribution in [0.4, 0.5) is 5.69 Å². The number of nitrogens with zero attached hydrogens (tertiary/aromatic N) is 6. The fourth-order valence-electron chi connectivity index (χ4n) is 3.03. The van der Waals surface area contributed by atoms with Crippen LogP contribution in [-0.4, -0.2) is 55.3 Å². The van der Waals surface area contributed by atoms with Gasteiger partial charge in [0.25, 0.3) is 11.8 Å². The first-order valence-electron chi connectivity index (χ1n) is 9.07. The fourth-order valence-corrected chi connectivity index (χ4v) is 3.23. The van der Waals surface area contributed by atoms with Gasteiger partial charge in [0.05, 0.1) is 17.8 Å². The lowest BCUT2D eigenvalue weighted by atomic mass is 10.2. The van der Waals surface area contributed by atoms with Crippen LogP contribution in [0.5, 0.6) is 5.88 Å². The molecule has 0 aliphatic carbocycles. The highest BCUT2D eigenvalue weighted by molar-refractivity contribution is 6.32. The molecule has 0 aliphatic rings. The van der Waals surface area contributed by atoms with Gasteiger partial charge in [-0.15, -0.1) is 15.3 Å². The maximum Gasteiger partial charge on any atom is 0.274 e. The molecule has 4 aromatic heterocycles. The lowest BCUT2D eigenvalue weighted by Gasteiger charge is -2.12. The van der Waals surface area contributed by atoms with Gasteiger partial charge in [-0.2, -0.15) is 0 Å². The van der Waals surface area contributed by atoms with Gasteiger partial charge in [0.15, 0.2) is 11.5 Å². The molecule has 0 radical (unpaired) electrons. The molecular formula is C19H17ClN8O3. The maximum absolute atomic E-state index is 13.2. The number of carbonyl (C=O) groups is 2. The lowest BCUT2D eigenvalue weighted by Crippen LogP contribution is -2.24. The number of nitrogens with one attached hydrogen (secondary N) is 2. The van der Waals surface area contributed by atoms with Crippen LogP contribution in [-0.2, 0) is 0 Å². The summed E-state index contributed by atoms with van der Waals surface area (Å²) < 4.78 is 8.10. The summed E-state index contributed by atoms with van der Waals surface area (Å²) >= 11 is 6.23. The van der Waals surface area contributed by atoms with E-state index in [9.17, 15) is 9.59 Å². The molecule has 0 spiro atoms. The van der Waals surface area contributed by atoms with Crippen LogP contribution in [0, 0.1) is 6.92 Å². The van der Waals surface area contributed by atoms with Gasteiger partial charge in [-0.05, 0) is 25.1 Å². The van der Waals surface area contributed by atoms with Crippen molar-refractivity contribution in [3.05, 3.63) is 58.8 Å². The van der Waals surface area contributed by atoms with Gasteiger partial charge in [0.1, 0.15) is 17.1 Å². The van der Waals surface area contributed by atoms with E-state index in [0.717, 1.165) is 0 Å². The van der Waals surface area contributed by atoms with Crippen molar-refractivity contribution < 1.29 is 14.3 Å². The van der Waals surface area contributed by atoms with Gasteiger partial charge < -0.3 is 15.4 Å². The van der Waals surface area contributed by atoms with Gasteiger partial charge >= 0.3 is 0 Å². The molecule has 0 aromatic carbocycles. The summed E-state index contributed by atoms with van der Waals surface area (Å²) in [6.45, 7) is 1.76. The molecule has 12 heteroatoms. The van der Waals surface area contributed by atoms with Crippen molar-refractivity contribution in [2.24, 2.45) is 0 Å². The Kier molecular flexibility index (Phi) is 5.26. The molecule has 0 aliphatic heterocycles. The number of hydrogen-bond acceptors (Lipinski definition) is 7. The molecule has 0 atom stereocenters. The first kappa shape index (κ1) is 20.3. The van der Waals surface area contributed by atoms with Crippen LogP contribution < -0.4 is 15.4 Å². The number of pyridine rings is 2. The van der Waals surface area contributed by atoms with Crippen LogP contribution in [0.15, 0.2) is 36.7 Å². The zero-order chi connectivity index (χ0) is 22.1. The van der Waals surface area contributed by atoms with Gasteiger partial charge in [-0.3, -0.25) is 14.0 Å². The summed E-state index contributed by atoms with van der Waals surface area (Å²) in [5.41, 5.74) is 0.849. The van der Waals surface area contributed by atoms with Gasteiger partial charge in [0, 0.05) is 25.5 Å². The number of aryl methyl sites for hydroxylation is 1. The molecule has 158 valence electrons. The molecule has 4 heterocycles. The van der Waals surface area contributed by atoms with E-state index in [1.165, 1.54) is 31.1 Å². The van der Waals surface area contributed by atoms with E-state index >= 15 is 0 Å². The van der Waals surface area contributed by atoms with Gasteiger partial charge in [0.2, 0.25) is 5.88 Å². The third-order valence-corrected chi connectivity index (χ3v) is 4.82. The monoisotopic (exact) mass is 440 g/mol. The second-order valence-electron chi connectivity index (χ2n) is 6.37. The van der Waals surface area contributed by atoms with Crippen molar-refractivity contribution in [2.75, 3.05) is 19.5 Å². The summed E-state index contributed by atoms with van der Waals surface area (Å²) in [6, 6.07) is 6.33. The lowest BCUT2D eigenvalue weighted by molar-refractivity contribution is 0.0965. The minimum Gasteiger partial charge on any atom is -0.480 e. The Morgan fingerprint density at radius 2 is 2.00 bits per heavy atom. The number of anilines is 1. The standard InChI is InChI=1S/C19H17ClN8O3/c1-10-24-25-17-15(19(30)21-2)12(6-8-27(10)17)23-18(29)13-9-14(31-3)26-28(13)16-11(20)5-4-7-22-16/h4-9H,1-3H3,(H,21,30)(H,23,29). The predicted molar refractivity (Wildman–Crippen MR) is 112 cm³/mol. The second-order valence-corrected chi connectivity index (χ2v) is 6.78. The summed E-state index contributed by atoms with van der Waals surface area (Å²) in [5, 5.41) is 17.9. The van der Waals surface area contributed by atoms with E-state index in [2.05, 4.69) is 30.9 Å². The molecule has 0 unspecified atom stereocenters. The second kappa shape index (κ2) is 8.03. The highest BCUT2D eigenvalue weighted by atomic mass is 35.5. The fraction of sp³-hybridized carbons (Fsp3) is 0.158. The molecule has 4 rings (SSSR count). The molecule has 0 bridgehead atoms. The topological polar surface area (TPSA) is 128 Å². The minimum absolute atomic E-state index is 0.109. The number of ether oxygens (including phenoxy) is 1. The summed E-state index contributed by atoms with van der Waals surface area (Å²) in [7, 11) is 2.92. The number of carbonyl (C=O) groups excluding carboxylic acids is 2. The Morgan fingerprint density at radius 1 is 1.19 bits per heavy atom. The van der Waals surface area contributed by atoms with E-state index in [0.29, 0.717) is 16.5 Å².